The van der Waals surface area contributed by atoms with Crippen LogP contribution in [0.1, 0.15) is 34.0 Å². The van der Waals surface area contributed by atoms with Crippen molar-refractivity contribution in [2.24, 2.45) is 0 Å². The fourth-order valence-electron chi connectivity index (χ4n) is 4.04. The number of nitriles is 1. The number of hydrogen-bond donors (Lipinski definition) is 2. The van der Waals surface area contributed by atoms with E-state index < -0.39 is 0 Å². The molecule has 0 unspecified atom stereocenters. The van der Waals surface area contributed by atoms with Crippen molar-refractivity contribution < 1.29 is 4.79 Å². The SMILES string of the molecule is CCc1ccccc1N(C)Cc1cnc(-c2ccc(C(=O)Nc3ccccc3N)cc2)c(C#N)c1. The first-order valence-electron chi connectivity index (χ1n) is 11.4. The van der Waals surface area contributed by atoms with Crippen LogP contribution in [0.25, 0.3) is 11.3 Å². The summed E-state index contributed by atoms with van der Waals surface area (Å²) in [5.41, 5.74) is 12.7. The quantitative estimate of drug-likeness (QED) is 0.347. The number of aryl methyl sites for hydroxylation is 1. The molecule has 0 saturated heterocycles. The third-order valence-corrected chi connectivity index (χ3v) is 5.90. The molecule has 4 aromatic rings. The first-order chi connectivity index (χ1) is 17.0. The maximum atomic E-state index is 12.6. The molecule has 174 valence electrons. The molecule has 3 N–H and O–H groups in total. The number of benzene rings is 3. The van der Waals surface area contributed by atoms with Crippen LogP contribution in [0.3, 0.4) is 0 Å². The van der Waals surface area contributed by atoms with E-state index in [0.29, 0.717) is 34.7 Å². The van der Waals surface area contributed by atoms with Gasteiger partial charge in [0, 0.05) is 36.6 Å². The number of hydrogen-bond acceptors (Lipinski definition) is 5. The second-order valence-electron chi connectivity index (χ2n) is 8.31. The molecule has 0 aliphatic rings. The predicted octanol–water partition coefficient (Wildman–Crippen LogP) is 5.65. The smallest absolute Gasteiger partial charge is 0.255 e. The maximum absolute atomic E-state index is 12.6. The molecule has 35 heavy (non-hydrogen) atoms. The van der Waals surface area contributed by atoms with E-state index >= 15 is 0 Å². The molecule has 0 bridgehead atoms. The van der Waals surface area contributed by atoms with Gasteiger partial charge in [0.15, 0.2) is 0 Å². The first kappa shape index (κ1) is 23.5. The van der Waals surface area contributed by atoms with E-state index in [1.807, 2.05) is 37.4 Å². The summed E-state index contributed by atoms with van der Waals surface area (Å²) in [6, 6.07) is 26.6. The van der Waals surface area contributed by atoms with Crippen LogP contribution in [0, 0.1) is 11.3 Å². The second-order valence-corrected chi connectivity index (χ2v) is 8.31. The van der Waals surface area contributed by atoms with Crippen LogP contribution in [0.15, 0.2) is 85.1 Å². The number of carbonyl (C=O) groups excluding carboxylic acids is 1. The van der Waals surface area contributed by atoms with Crippen LogP contribution in [0.5, 0.6) is 0 Å². The Bertz CT molecular complexity index is 1390. The van der Waals surface area contributed by atoms with Gasteiger partial charge in [-0.25, -0.2) is 0 Å². The molecule has 1 heterocycles. The molecule has 0 atom stereocenters. The van der Waals surface area contributed by atoms with Gasteiger partial charge in [0.2, 0.25) is 0 Å². The first-order valence-corrected chi connectivity index (χ1v) is 11.4. The van der Waals surface area contributed by atoms with Gasteiger partial charge in [-0.15, -0.1) is 0 Å². The van der Waals surface area contributed by atoms with Gasteiger partial charge in [-0.05, 0) is 53.9 Å². The van der Waals surface area contributed by atoms with Crippen molar-refractivity contribution in [3.8, 4) is 17.3 Å². The van der Waals surface area contributed by atoms with Gasteiger partial charge in [0.05, 0.1) is 22.6 Å². The monoisotopic (exact) mass is 461 g/mol. The number of pyridine rings is 1. The number of nitrogen functional groups attached to an aromatic ring is 1. The molecule has 0 aliphatic carbocycles. The fraction of sp³-hybridized carbons (Fsp3) is 0.138. The van der Waals surface area contributed by atoms with Crippen molar-refractivity contribution in [3.63, 3.8) is 0 Å². The van der Waals surface area contributed by atoms with Crippen LogP contribution < -0.4 is 16.0 Å². The highest BCUT2D eigenvalue weighted by Gasteiger charge is 2.13. The number of amides is 1. The number of nitrogens with zero attached hydrogens (tertiary/aromatic N) is 3. The highest BCUT2D eigenvalue weighted by Crippen LogP contribution is 2.26. The molecule has 0 saturated carbocycles. The number of para-hydroxylation sites is 3. The van der Waals surface area contributed by atoms with Gasteiger partial charge in [0.1, 0.15) is 6.07 Å². The molecule has 1 aromatic heterocycles. The number of aromatic nitrogens is 1. The Kier molecular flexibility index (Phi) is 7.08. The molecule has 0 radical (unpaired) electrons. The third kappa shape index (κ3) is 5.31. The van der Waals surface area contributed by atoms with Gasteiger partial charge >= 0.3 is 0 Å². The summed E-state index contributed by atoms with van der Waals surface area (Å²) in [5, 5.41) is 12.6. The molecular formula is C29H27N5O. The van der Waals surface area contributed by atoms with E-state index in [2.05, 4.69) is 40.3 Å². The summed E-state index contributed by atoms with van der Waals surface area (Å²) in [4.78, 5) is 19.4. The minimum atomic E-state index is -0.256. The topological polar surface area (TPSA) is 95.0 Å². The Morgan fingerprint density at radius 3 is 2.49 bits per heavy atom. The van der Waals surface area contributed by atoms with Crippen molar-refractivity contribution >= 4 is 23.0 Å². The van der Waals surface area contributed by atoms with E-state index in [0.717, 1.165) is 17.5 Å². The van der Waals surface area contributed by atoms with Crippen molar-refractivity contribution in [1.29, 1.82) is 5.26 Å². The maximum Gasteiger partial charge on any atom is 0.255 e. The normalized spacial score (nSPS) is 10.4. The molecule has 1 amide bonds. The van der Waals surface area contributed by atoms with Gasteiger partial charge < -0.3 is 16.0 Å². The number of nitrogens with two attached hydrogens (primary N) is 1. The molecule has 6 nitrogen and oxygen atoms in total. The average molecular weight is 462 g/mol. The van der Waals surface area contributed by atoms with Gasteiger partial charge in [-0.3, -0.25) is 9.78 Å². The summed E-state index contributed by atoms with van der Waals surface area (Å²) in [5.74, 6) is -0.256. The Morgan fingerprint density at radius 1 is 1.06 bits per heavy atom. The highest BCUT2D eigenvalue weighted by atomic mass is 16.1. The Hall–Kier alpha value is -4.63. The zero-order valence-corrected chi connectivity index (χ0v) is 19.8. The van der Waals surface area contributed by atoms with Crippen LogP contribution in [0.2, 0.25) is 0 Å². The van der Waals surface area contributed by atoms with Crippen molar-refractivity contribution in [2.75, 3.05) is 23.0 Å². The van der Waals surface area contributed by atoms with E-state index in [4.69, 9.17) is 5.73 Å². The second kappa shape index (κ2) is 10.5. The van der Waals surface area contributed by atoms with Crippen LogP contribution >= 0.6 is 0 Å². The van der Waals surface area contributed by atoms with Gasteiger partial charge in [-0.1, -0.05) is 49.4 Å². The summed E-state index contributed by atoms with van der Waals surface area (Å²) in [7, 11) is 2.04. The third-order valence-electron chi connectivity index (χ3n) is 5.90. The lowest BCUT2D eigenvalue weighted by Crippen LogP contribution is -2.18. The largest absolute Gasteiger partial charge is 0.397 e. The lowest BCUT2D eigenvalue weighted by molar-refractivity contribution is 0.102. The Labute approximate surface area is 205 Å². The number of nitrogens with one attached hydrogen (secondary N) is 1. The average Bonchev–Trinajstić information content (AvgIpc) is 2.90. The number of anilines is 3. The lowest BCUT2D eigenvalue weighted by Gasteiger charge is -2.22. The summed E-state index contributed by atoms with van der Waals surface area (Å²) in [6.07, 6.45) is 2.76. The highest BCUT2D eigenvalue weighted by molar-refractivity contribution is 6.05. The van der Waals surface area contributed by atoms with Gasteiger partial charge in [-0.2, -0.15) is 5.26 Å². The summed E-state index contributed by atoms with van der Waals surface area (Å²) >= 11 is 0. The Balaban J connectivity index is 1.52. The molecule has 6 heteroatoms. The van der Waals surface area contributed by atoms with Crippen molar-refractivity contribution in [1.82, 2.24) is 4.98 Å². The van der Waals surface area contributed by atoms with Crippen LogP contribution in [0.4, 0.5) is 17.1 Å². The molecule has 0 fully saturated rings. The molecule has 4 rings (SSSR count). The Morgan fingerprint density at radius 2 is 1.77 bits per heavy atom. The molecule has 0 spiro atoms. The minimum Gasteiger partial charge on any atom is -0.397 e. The number of rotatable bonds is 7. The minimum absolute atomic E-state index is 0.256. The van der Waals surface area contributed by atoms with Crippen LogP contribution in [-0.2, 0) is 13.0 Å². The molecule has 0 aliphatic heterocycles. The van der Waals surface area contributed by atoms with E-state index in [-0.39, 0.29) is 5.91 Å². The summed E-state index contributed by atoms with van der Waals surface area (Å²) < 4.78 is 0. The van der Waals surface area contributed by atoms with Crippen molar-refractivity contribution in [2.45, 2.75) is 19.9 Å². The lowest BCUT2D eigenvalue weighted by atomic mass is 10.0. The van der Waals surface area contributed by atoms with E-state index in [1.165, 1.54) is 11.3 Å². The zero-order chi connectivity index (χ0) is 24.8. The van der Waals surface area contributed by atoms with Crippen molar-refractivity contribution in [3.05, 3.63) is 107 Å². The fourth-order valence-corrected chi connectivity index (χ4v) is 4.04. The molecule has 3 aromatic carbocycles. The number of carbonyl (C=O) groups is 1. The van der Waals surface area contributed by atoms with E-state index in [1.54, 1.807) is 42.6 Å². The standard InChI is InChI=1S/C29H27N5O/c1-3-21-8-4-7-11-27(21)34(2)19-20-16-24(17-30)28(32-18-20)22-12-14-23(15-13-22)29(35)33-26-10-6-5-9-25(26)31/h4-16,18H,3,19,31H2,1-2H3,(H,33,35). The predicted molar refractivity (Wildman–Crippen MR) is 141 cm³/mol. The van der Waals surface area contributed by atoms with Crippen LogP contribution in [-0.4, -0.2) is 17.9 Å². The van der Waals surface area contributed by atoms with Gasteiger partial charge in [0.25, 0.3) is 5.91 Å². The molecular weight excluding hydrogens is 434 g/mol. The summed E-state index contributed by atoms with van der Waals surface area (Å²) in [6.45, 7) is 2.78. The van der Waals surface area contributed by atoms with E-state index in [9.17, 15) is 10.1 Å². The zero-order valence-electron chi connectivity index (χ0n) is 19.8.